The van der Waals surface area contributed by atoms with E-state index in [1.54, 1.807) is 0 Å². The number of aryl methyl sites for hydroxylation is 1. The topological polar surface area (TPSA) is 26.8 Å². The third kappa shape index (κ3) is 4.10. The fourth-order valence-corrected chi connectivity index (χ4v) is 3.81. The maximum atomic E-state index is 12.9. The molecule has 0 aliphatic carbocycles. The minimum absolute atomic E-state index is 0.140. The molecule has 0 atom stereocenters. The van der Waals surface area contributed by atoms with Gasteiger partial charge >= 0.3 is 0 Å². The van der Waals surface area contributed by atoms with Crippen LogP contribution in [0.25, 0.3) is 0 Å². The van der Waals surface area contributed by atoms with E-state index in [2.05, 4.69) is 67.8 Å². The summed E-state index contributed by atoms with van der Waals surface area (Å²) >= 11 is 0. The third-order valence-corrected chi connectivity index (χ3v) is 5.73. The van der Waals surface area contributed by atoms with E-state index in [1.807, 2.05) is 17.0 Å². The molecular formula is C23H31N3O. The van der Waals surface area contributed by atoms with E-state index >= 15 is 0 Å². The van der Waals surface area contributed by atoms with E-state index < -0.39 is 0 Å². The van der Waals surface area contributed by atoms with Crippen LogP contribution in [-0.2, 0) is 0 Å². The molecule has 0 aromatic heterocycles. The van der Waals surface area contributed by atoms with Crippen molar-refractivity contribution < 1.29 is 4.79 Å². The van der Waals surface area contributed by atoms with Crippen molar-refractivity contribution in [3.05, 3.63) is 59.2 Å². The van der Waals surface area contributed by atoms with Crippen LogP contribution in [0.5, 0.6) is 0 Å². The number of amides is 1. The van der Waals surface area contributed by atoms with Crippen LogP contribution in [0.1, 0.15) is 35.3 Å². The summed E-state index contributed by atoms with van der Waals surface area (Å²) in [6.45, 7) is 13.9. The summed E-state index contributed by atoms with van der Waals surface area (Å²) in [5.74, 6) is 0.140. The van der Waals surface area contributed by atoms with Gasteiger partial charge in [-0.1, -0.05) is 12.1 Å². The van der Waals surface area contributed by atoms with Gasteiger partial charge in [0.1, 0.15) is 0 Å². The predicted molar refractivity (Wildman–Crippen MR) is 114 cm³/mol. The van der Waals surface area contributed by atoms with Gasteiger partial charge < -0.3 is 14.7 Å². The van der Waals surface area contributed by atoms with Crippen molar-refractivity contribution in [2.45, 2.75) is 27.7 Å². The van der Waals surface area contributed by atoms with E-state index in [0.29, 0.717) is 0 Å². The first kappa shape index (κ1) is 19.3. The minimum atomic E-state index is 0.140. The summed E-state index contributed by atoms with van der Waals surface area (Å²) < 4.78 is 0. The Morgan fingerprint density at radius 1 is 0.926 bits per heavy atom. The highest BCUT2D eigenvalue weighted by atomic mass is 16.2. The molecule has 1 heterocycles. The van der Waals surface area contributed by atoms with Crippen LogP contribution in [0, 0.1) is 13.8 Å². The normalized spacial score (nSPS) is 14.4. The number of benzene rings is 2. The molecule has 0 spiro atoms. The molecule has 0 bridgehead atoms. The van der Waals surface area contributed by atoms with Gasteiger partial charge in [0.2, 0.25) is 0 Å². The molecule has 2 aromatic carbocycles. The van der Waals surface area contributed by atoms with Crippen molar-refractivity contribution in [2.24, 2.45) is 0 Å². The Hall–Kier alpha value is -2.49. The Kier molecular flexibility index (Phi) is 6.04. The number of carbonyl (C=O) groups excluding carboxylic acids is 1. The minimum Gasteiger partial charge on any atom is -0.372 e. The van der Waals surface area contributed by atoms with Crippen LogP contribution in [0.15, 0.2) is 42.5 Å². The van der Waals surface area contributed by atoms with E-state index in [0.717, 1.165) is 44.8 Å². The lowest BCUT2D eigenvalue weighted by Crippen LogP contribution is -2.49. The van der Waals surface area contributed by atoms with Crippen LogP contribution >= 0.6 is 0 Å². The average Bonchev–Trinajstić information content (AvgIpc) is 2.71. The summed E-state index contributed by atoms with van der Waals surface area (Å²) in [6, 6.07) is 14.5. The van der Waals surface area contributed by atoms with Crippen molar-refractivity contribution in [3.63, 3.8) is 0 Å². The number of anilines is 2. The van der Waals surface area contributed by atoms with Gasteiger partial charge in [0.05, 0.1) is 0 Å². The third-order valence-electron chi connectivity index (χ3n) is 5.73. The molecule has 0 N–H and O–H groups in total. The SMILES string of the molecule is CCN(CC)c1ccc(C(=O)N2CCN(c3cccc(C)c3C)CC2)cc1. The average molecular weight is 366 g/mol. The Morgan fingerprint density at radius 2 is 1.56 bits per heavy atom. The van der Waals surface area contributed by atoms with Crippen LogP contribution < -0.4 is 9.80 Å². The quantitative estimate of drug-likeness (QED) is 0.798. The molecule has 4 nitrogen and oxygen atoms in total. The summed E-state index contributed by atoms with van der Waals surface area (Å²) in [5, 5.41) is 0. The van der Waals surface area contributed by atoms with E-state index in [9.17, 15) is 4.79 Å². The first-order valence-electron chi connectivity index (χ1n) is 10.0. The van der Waals surface area contributed by atoms with E-state index in [-0.39, 0.29) is 5.91 Å². The fraction of sp³-hybridized carbons (Fsp3) is 0.435. The van der Waals surface area contributed by atoms with E-state index in [1.165, 1.54) is 22.5 Å². The molecule has 1 amide bonds. The highest BCUT2D eigenvalue weighted by Crippen LogP contribution is 2.24. The lowest BCUT2D eigenvalue weighted by molar-refractivity contribution is 0.0747. The van der Waals surface area contributed by atoms with Crippen LogP contribution in [0.3, 0.4) is 0 Å². The molecular weight excluding hydrogens is 334 g/mol. The number of hydrogen-bond donors (Lipinski definition) is 0. The van der Waals surface area contributed by atoms with Gasteiger partial charge in [0.25, 0.3) is 5.91 Å². The second kappa shape index (κ2) is 8.47. The summed E-state index contributed by atoms with van der Waals surface area (Å²) in [6.07, 6.45) is 0. The molecule has 1 aliphatic heterocycles. The fourth-order valence-electron chi connectivity index (χ4n) is 3.81. The van der Waals surface area contributed by atoms with Crippen molar-refractivity contribution in [1.29, 1.82) is 0 Å². The largest absolute Gasteiger partial charge is 0.372 e. The lowest BCUT2D eigenvalue weighted by Gasteiger charge is -2.37. The number of nitrogens with zero attached hydrogens (tertiary/aromatic N) is 3. The van der Waals surface area contributed by atoms with Crippen LogP contribution in [0.2, 0.25) is 0 Å². The molecule has 4 heteroatoms. The molecule has 0 unspecified atom stereocenters. The van der Waals surface area contributed by atoms with Gasteiger partial charge in [0.15, 0.2) is 0 Å². The van der Waals surface area contributed by atoms with Crippen molar-refractivity contribution in [3.8, 4) is 0 Å². The number of piperazine rings is 1. The number of carbonyl (C=O) groups is 1. The first-order valence-corrected chi connectivity index (χ1v) is 10.0. The van der Waals surface area contributed by atoms with Gasteiger partial charge in [-0.25, -0.2) is 0 Å². The van der Waals surface area contributed by atoms with Crippen molar-refractivity contribution in [1.82, 2.24) is 4.90 Å². The molecule has 2 aromatic rings. The monoisotopic (exact) mass is 365 g/mol. The zero-order chi connectivity index (χ0) is 19.4. The Bertz CT molecular complexity index is 773. The van der Waals surface area contributed by atoms with Gasteiger partial charge in [-0.05, 0) is 69.2 Å². The zero-order valence-electron chi connectivity index (χ0n) is 17.0. The van der Waals surface area contributed by atoms with Crippen molar-refractivity contribution in [2.75, 3.05) is 49.1 Å². The van der Waals surface area contributed by atoms with Crippen molar-refractivity contribution >= 4 is 17.3 Å². The lowest BCUT2D eigenvalue weighted by atomic mass is 10.1. The molecule has 27 heavy (non-hydrogen) atoms. The smallest absolute Gasteiger partial charge is 0.253 e. The number of rotatable bonds is 5. The molecule has 1 aliphatic rings. The van der Waals surface area contributed by atoms with Crippen LogP contribution in [-0.4, -0.2) is 50.1 Å². The summed E-state index contributed by atoms with van der Waals surface area (Å²) in [5.41, 5.74) is 5.91. The van der Waals surface area contributed by atoms with E-state index in [4.69, 9.17) is 0 Å². The highest BCUT2D eigenvalue weighted by molar-refractivity contribution is 5.94. The first-order chi connectivity index (χ1) is 13.0. The van der Waals surface area contributed by atoms with Gasteiger partial charge in [-0.2, -0.15) is 0 Å². The summed E-state index contributed by atoms with van der Waals surface area (Å²) in [7, 11) is 0. The second-order valence-electron chi connectivity index (χ2n) is 7.22. The van der Waals surface area contributed by atoms with Gasteiger partial charge in [0, 0.05) is 56.2 Å². The Labute approximate surface area is 163 Å². The maximum Gasteiger partial charge on any atom is 0.253 e. The zero-order valence-corrected chi connectivity index (χ0v) is 17.0. The van der Waals surface area contributed by atoms with Gasteiger partial charge in [-0.15, -0.1) is 0 Å². The molecule has 1 saturated heterocycles. The second-order valence-corrected chi connectivity index (χ2v) is 7.22. The Morgan fingerprint density at radius 3 is 2.15 bits per heavy atom. The van der Waals surface area contributed by atoms with Gasteiger partial charge in [-0.3, -0.25) is 4.79 Å². The highest BCUT2D eigenvalue weighted by Gasteiger charge is 2.23. The molecule has 0 saturated carbocycles. The molecule has 144 valence electrons. The number of hydrogen-bond acceptors (Lipinski definition) is 3. The molecule has 0 radical (unpaired) electrons. The summed E-state index contributed by atoms with van der Waals surface area (Å²) in [4.78, 5) is 19.5. The molecule has 3 rings (SSSR count). The predicted octanol–water partition coefficient (Wildman–Crippen LogP) is 4.11. The molecule has 1 fully saturated rings. The standard InChI is InChI=1S/C23H31N3O/c1-5-24(6-2)21-12-10-20(11-13-21)23(27)26-16-14-25(15-17-26)22-9-7-8-18(3)19(22)4/h7-13H,5-6,14-17H2,1-4H3. The Balaban J connectivity index is 1.64. The maximum absolute atomic E-state index is 12.9. The van der Waals surface area contributed by atoms with Crippen LogP contribution in [0.4, 0.5) is 11.4 Å².